The molecule has 9 heteroatoms. The fourth-order valence-electron chi connectivity index (χ4n) is 6.79. The van der Waals surface area contributed by atoms with Crippen LogP contribution in [0.2, 0.25) is 5.02 Å². The predicted octanol–water partition coefficient (Wildman–Crippen LogP) is 4.43. The second kappa shape index (κ2) is 7.18. The Balaban J connectivity index is 1.16. The molecule has 174 valence electrons. The molecule has 3 aromatic rings. The van der Waals surface area contributed by atoms with Gasteiger partial charge in [0.2, 0.25) is 0 Å². The van der Waals surface area contributed by atoms with E-state index in [1.807, 2.05) is 6.07 Å². The molecule has 0 bridgehead atoms. The number of carbonyl (C=O) groups excluding carboxylic acids is 1. The molecule has 3 saturated carbocycles. The number of ether oxygens (including phenoxy) is 1. The summed E-state index contributed by atoms with van der Waals surface area (Å²) in [6.07, 6.45) is 7.58. The van der Waals surface area contributed by atoms with Gasteiger partial charge < -0.3 is 15.2 Å². The number of carbonyl (C=O) groups is 1. The average Bonchev–Trinajstić information content (AvgIpc) is 3.12. The van der Waals surface area contributed by atoms with E-state index in [0.29, 0.717) is 33.7 Å². The minimum Gasteiger partial charge on any atom is -0.507 e. The molecule has 0 aliphatic heterocycles. The van der Waals surface area contributed by atoms with Crippen LogP contribution in [0.5, 0.6) is 17.2 Å². The van der Waals surface area contributed by atoms with Gasteiger partial charge in [0.25, 0.3) is 5.91 Å². The molecule has 4 aliphatic carbocycles. The molecule has 8 nitrogen and oxygen atoms in total. The average molecular weight is 478 g/mol. The van der Waals surface area contributed by atoms with Gasteiger partial charge in [0, 0.05) is 17.2 Å². The molecule has 3 fully saturated rings. The number of tetrazole rings is 1. The van der Waals surface area contributed by atoms with Crippen molar-refractivity contribution in [2.45, 2.75) is 51.0 Å². The third-order valence-electron chi connectivity index (χ3n) is 8.63. The summed E-state index contributed by atoms with van der Waals surface area (Å²) >= 11 is 6.64. The summed E-state index contributed by atoms with van der Waals surface area (Å²) < 4.78 is 6.23. The number of hydrogen-bond donors (Lipinski definition) is 3. The maximum absolute atomic E-state index is 13.1. The number of phenols is 1. The topological polar surface area (TPSA) is 113 Å². The van der Waals surface area contributed by atoms with Gasteiger partial charge in [-0.3, -0.25) is 4.79 Å². The van der Waals surface area contributed by atoms with Crippen molar-refractivity contribution in [1.29, 1.82) is 0 Å². The minimum atomic E-state index is -0.249. The smallest absolute Gasteiger partial charge is 0.255 e. The van der Waals surface area contributed by atoms with Crippen molar-refractivity contribution in [3.8, 4) is 28.6 Å². The Bertz CT molecular complexity index is 1330. The number of nitrogens with one attached hydrogen (secondary N) is 2. The van der Waals surface area contributed by atoms with Gasteiger partial charge >= 0.3 is 0 Å². The highest BCUT2D eigenvalue weighted by Crippen LogP contribution is 2.75. The van der Waals surface area contributed by atoms with Crippen molar-refractivity contribution < 1.29 is 14.6 Å². The molecule has 1 heterocycles. The van der Waals surface area contributed by atoms with Crippen LogP contribution < -0.4 is 10.1 Å². The van der Waals surface area contributed by atoms with Crippen molar-refractivity contribution >= 4 is 17.5 Å². The quantitative estimate of drug-likeness (QED) is 0.501. The number of nitrogens with zero attached hydrogens (tertiary/aromatic N) is 3. The number of phenolic OH excluding ortho intramolecular Hbond substituents is 1. The van der Waals surface area contributed by atoms with Crippen LogP contribution in [0.25, 0.3) is 11.4 Å². The summed E-state index contributed by atoms with van der Waals surface area (Å²) in [6.45, 7) is 0. The number of hydrogen-bond acceptors (Lipinski definition) is 6. The highest BCUT2D eigenvalue weighted by molar-refractivity contribution is 6.32. The van der Waals surface area contributed by atoms with Gasteiger partial charge in [-0.05, 0) is 102 Å². The van der Waals surface area contributed by atoms with Crippen molar-refractivity contribution in [3.63, 3.8) is 0 Å². The summed E-state index contributed by atoms with van der Waals surface area (Å²) in [7, 11) is 0. The first kappa shape index (κ1) is 20.3. The van der Waals surface area contributed by atoms with Crippen LogP contribution in [0.3, 0.4) is 0 Å². The number of rotatable bonds is 5. The molecule has 7 rings (SSSR count). The molecule has 3 N–H and O–H groups in total. The molecule has 4 aliphatic rings. The number of aromatic amines is 1. The lowest BCUT2D eigenvalue weighted by molar-refractivity contribution is 0.0928. The Kier molecular flexibility index (Phi) is 4.28. The number of benzene rings is 2. The second-order valence-corrected chi connectivity index (χ2v) is 10.6. The van der Waals surface area contributed by atoms with E-state index in [1.165, 1.54) is 25.3 Å². The highest BCUT2D eigenvalue weighted by Gasteiger charge is 2.70. The Morgan fingerprint density at radius 1 is 1.26 bits per heavy atom. The first-order valence-corrected chi connectivity index (χ1v) is 12.3. The van der Waals surface area contributed by atoms with E-state index in [1.54, 1.807) is 12.1 Å². The lowest BCUT2D eigenvalue weighted by Gasteiger charge is -2.33. The lowest BCUT2D eigenvalue weighted by atomic mass is 9.71. The number of halogens is 1. The van der Waals surface area contributed by atoms with Crippen molar-refractivity contribution in [1.82, 2.24) is 25.9 Å². The molecule has 4 atom stereocenters. The summed E-state index contributed by atoms with van der Waals surface area (Å²) in [6, 6.07) is 6.79. The number of aromatic hydroxyl groups is 1. The Labute approximate surface area is 201 Å². The first-order valence-electron chi connectivity index (χ1n) is 11.9. The fourth-order valence-corrected chi connectivity index (χ4v) is 7.05. The van der Waals surface area contributed by atoms with Crippen LogP contribution in [-0.4, -0.2) is 37.7 Å². The van der Waals surface area contributed by atoms with Crippen LogP contribution in [0.15, 0.2) is 24.3 Å². The van der Waals surface area contributed by atoms with Crippen LogP contribution in [0, 0.1) is 17.3 Å². The first-order chi connectivity index (χ1) is 16.5. The minimum absolute atomic E-state index is 0.0548. The van der Waals surface area contributed by atoms with E-state index in [-0.39, 0.29) is 23.3 Å². The molecule has 0 saturated heterocycles. The van der Waals surface area contributed by atoms with Gasteiger partial charge in [0.05, 0.1) is 10.6 Å². The molecule has 1 aromatic heterocycles. The maximum Gasteiger partial charge on any atom is 0.255 e. The van der Waals surface area contributed by atoms with Crippen molar-refractivity contribution in [3.05, 3.63) is 46.0 Å². The number of H-pyrrole nitrogens is 1. The second-order valence-electron chi connectivity index (χ2n) is 10.2. The zero-order valence-corrected chi connectivity index (χ0v) is 19.2. The molecular formula is C25H24ClN5O3. The fraction of sp³-hybridized carbons (Fsp3) is 0.440. The monoisotopic (exact) mass is 477 g/mol. The zero-order chi connectivity index (χ0) is 23.0. The largest absolute Gasteiger partial charge is 0.507 e. The number of aromatic nitrogens is 4. The third-order valence-corrected chi connectivity index (χ3v) is 8.91. The van der Waals surface area contributed by atoms with E-state index in [4.69, 9.17) is 16.3 Å². The molecule has 4 unspecified atom stereocenters. The van der Waals surface area contributed by atoms with Gasteiger partial charge in [0.15, 0.2) is 5.82 Å². The highest BCUT2D eigenvalue weighted by atomic mass is 35.5. The maximum atomic E-state index is 13.1. The van der Waals surface area contributed by atoms with E-state index in [9.17, 15) is 9.90 Å². The molecular weight excluding hydrogens is 454 g/mol. The third kappa shape index (κ3) is 2.90. The van der Waals surface area contributed by atoms with Gasteiger partial charge in [-0.25, -0.2) is 5.10 Å². The standard InChI is InChI=1S/C25H24ClN5O3/c26-19-10-16(23-28-30-31-29-23)14-2-1-3-15(14)22(19)34-13-4-5-21(32)17(9-13)24(33)27-20-8-12-6-7-25(12)11-18(20)25/h4-5,9-10,12,18,20,32H,1-3,6-8,11H2,(H,27,33)(H,28,29,30,31). The van der Waals surface area contributed by atoms with Crippen LogP contribution in [0.4, 0.5) is 0 Å². The summed E-state index contributed by atoms with van der Waals surface area (Å²) in [5.74, 6) is 2.69. The lowest BCUT2D eigenvalue weighted by Crippen LogP contribution is -2.35. The predicted molar refractivity (Wildman–Crippen MR) is 124 cm³/mol. The molecule has 1 spiro atoms. The molecule has 34 heavy (non-hydrogen) atoms. The van der Waals surface area contributed by atoms with Crippen molar-refractivity contribution in [2.24, 2.45) is 17.3 Å². The van der Waals surface area contributed by atoms with Crippen LogP contribution >= 0.6 is 11.6 Å². The normalized spacial score (nSPS) is 28.0. The van der Waals surface area contributed by atoms with Gasteiger partial charge in [-0.1, -0.05) is 11.6 Å². The van der Waals surface area contributed by atoms with Crippen molar-refractivity contribution in [2.75, 3.05) is 0 Å². The van der Waals surface area contributed by atoms with E-state index in [0.717, 1.165) is 48.3 Å². The summed E-state index contributed by atoms with van der Waals surface area (Å²) in [5.41, 5.74) is 3.77. The van der Waals surface area contributed by atoms with Gasteiger partial charge in [0.1, 0.15) is 17.2 Å². The molecule has 0 radical (unpaired) electrons. The summed E-state index contributed by atoms with van der Waals surface area (Å²) in [5, 5.41) is 28.3. The Morgan fingerprint density at radius 3 is 2.85 bits per heavy atom. The number of fused-ring (bicyclic) bond motifs is 1. The molecule has 1 amide bonds. The zero-order valence-electron chi connectivity index (χ0n) is 18.5. The Hall–Kier alpha value is -3.13. The van der Waals surface area contributed by atoms with Crippen LogP contribution in [0.1, 0.15) is 53.6 Å². The van der Waals surface area contributed by atoms with E-state index in [2.05, 4.69) is 25.9 Å². The SMILES string of the molecule is O=C(NC1CC2CCC23CC13)c1cc(Oc2c(Cl)cc(-c3nnn[nH]3)c3c2CCC3)ccc1O. The van der Waals surface area contributed by atoms with Gasteiger partial charge in [-0.15, -0.1) is 5.10 Å². The number of amides is 1. The Morgan fingerprint density at radius 2 is 2.15 bits per heavy atom. The molecule has 2 aromatic carbocycles. The van der Waals surface area contributed by atoms with E-state index >= 15 is 0 Å². The summed E-state index contributed by atoms with van der Waals surface area (Å²) in [4.78, 5) is 13.1. The van der Waals surface area contributed by atoms with Crippen LogP contribution in [-0.2, 0) is 12.8 Å². The van der Waals surface area contributed by atoms with E-state index < -0.39 is 0 Å². The van der Waals surface area contributed by atoms with Gasteiger partial charge in [-0.2, -0.15) is 0 Å².